The Morgan fingerprint density at radius 3 is 2.57 bits per heavy atom. The molecule has 0 saturated carbocycles. The molecule has 1 unspecified atom stereocenters. The fraction of sp³-hybridized carbons (Fsp3) is 0.333. The molecule has 0 radical (unpaired) electrons. The lowest BCUT2D eigenvalue weighted by Gasteiger charge is -2.21. The van der Waals surface area contributed by atoms with Crippen LogP contribution in [0.2, 0.25) is 0 Å². The van der Waals surface area contributed by atoms with E-state index in [1.807, 2.05) is 30.3 Å². The van der Waals surface area contributed by atoms with Crippen LogP contribution in [0.15, 0.2) is 30.3 Å². The third-order valence-corrected chi connectivity index (χ3v) is 2.94. The second kappa shape index (κ2) is 3.68. The van der Waals surface area contributed by atoms with Gasteiger partial charge in [-0.05, 0) is 5.56 Å². The molecule has 0 amide bonds. The van der Waals surface area contributed by atoms with Crippen LogP contribution in [0.5, 0.6) is 0 Å². The van der Waals surface area contributed by atoms with Gasteiger partial charge < -0.3 is 0 Å². The minimum Gasteiger partial charge on any atom is -0.248 e. The first kappa shape index (κ1) is 9.64. The summed E-state index contributed by atoms with van der Waals surface area (Å²) in [5, 5.41) is 0. The first-order chi connectivity index (χ1) is 6.67. The summed E-state index contributed by atoms with van der Waals surface area (Å²) in [6.45, 7) is 0.182. The molecule has 1 saturated heterocycles. The highest BCUT2D eigenvalue weighted by Crippen LogP contribution is 2.27. The molecule has 1 aromatic carbocycles. The van der Waals surface area contributed by atoms with Crippen LogP contribution in [-0.4, -0.2) is 15.0 Å². The van der Waals surface area contributed by atoms with Crippen LogP contribution in [0.1, 0.15) is 18.1 Å². The summed E-state index contributed by atoms with van der Waals surface area (Å²) in [6.07, 6.45) is 0.151. The molecule has 2 rings (SSSR count). The zero-order valence-corrected chi connectivity index (χ0v) is 8.24. The molecular formula is C9H10O4S. The molecular weight excluding hydrogens is 204 g/mol. The van der Waals surface area contributed by atoms with Gasteiger partial charge in [-0.2, -0.15) is 8.42 Å². The fourth-order valence-corrected chi connectivity index (χ4v) is 2.21. The van der Waals surface area contributed by atoms with Gasteiger partial charge in [0.15, 0.2) is 0 Å². The van der Waals surface area contributed by atoms with Gasteiger partial charge in [-0.3, -0.25) is 0 Å². The summed E-state index contributed by atoms with van der Waals surface area (Å²) in [5.41, 5.74) is 0.861. The largest absolute Gasteiger partial charge is 0.400 e. The fourth-order valence-electron chi connectivity index (χ4n) is 1.37. The van der Waals surface area contributed by atoms with E-state index in [2.05, 4.69) is 4.18 Å². The van der Waals surface area contributed by atoms with Crippen molar-refractivity contribution in [2.75, 3.05) is 6.61 Å². The van der Waals surface area contributed by atoms with E-state index in [1.165, 1.54) is 0 Å². The first-order valence-corrected chi connectivity index (χ1v) is 5.63. The van der Waals surface area contributed by atoms with Crippen molar-refractivity contribution in [1.29, 1.82) is 0 Å². The van der Waals surface area contributed by atoms with E-state index in [9.17, 15) is 8.42 Å². The Labute approximate surface area is 82.8 Å². The third-order valence-electron chi connectivity index (χ3n) is 2.01. The molecule has 14 heavy (non-hydrogen) atoms. The van der Waals surface area contributed by atoms with Crippen LogP contribution in [-0.2, 0) is 18.8 Å². The Morgan fingerprint density at radius 2 is 1.93 bits per heavy atom. The maximum atomic E-state index is 11.0. The second-order valence-electron chi connectivity index (χ2n) is 3.01. The van der Waals surface area contributed by atoms with Crippen LogP contribution in [0.25, 0.3) is 0 Å². The van der Waals surface area contributed by atoms with Gasteiger partial charge in [-0.25, -0.2) is 8.37 Å². The standard InChI is InChI=1S/C9H10O4S/c10-14(11)12-7-6-9(13-14)8-4-2-1-3-5-8/h1-5,9H,6-7H2. The molecule has 0 N–H and O–H groups in total. The van der Waals surface area contributed by atoms with Crippen molar-refractivity contribution in [2.24, 2.45) is 0 Å². The maximum absolute atomic E-state index is 11.0. The molecule has 0 spiro atoms. The van der Waals surface area contributed by atoms with Gasteiger partial charge in [0.2, 0.25) is 0 Å². The molecule has 1 heterocycles. The zero-order valence-electron chi connectivity index (χ0n) is 7.42. The Balaban J connectivity index is 2.21. The van der Waals surface area contributed by atoms with Gasteiger partial charge >= 0.3 is 10.4 Å². The third kappa shape index (κ3) is 2.12. The SMILES string of the molecule is O=S1(=O)OCCC(c2ccccc2)O1. The van der Waals surface area contributed by atoms with Crippen LogP contribution in [0.3, 0.4) is 0 Å². The van der Waals surface area contributed by atoms with Crippen molar-refractivity contribution in [3.8, 4) is 0 Å². The Hall–Kier alpha value is -0.910. The molecule has 0 bridgehead atoms. The van der Waals surface area contributed by atoms with Crippen molar-refractivity contribution in [3.63, 3.8) is 0 Å². The van der Waals surface area contributed by atoms with E-state index in [-0.39, 0.29) is 6.61 Å². The van der Waals surface area contributed by atoms with Gasteiger partial charge in [0.1, 0.15) is 6.10 Å². The van der Waals surface area contributed by atoms with E-state index in [4.69, 9.17) is 4.18 Å². The summed E-state index contributed by atoms with van der Waals surface area (Å²) in [7, 11) is -3.78. The molecule has 1 aromatic rings. The minimum absolute atomic E-state index is 0.182. The van der Waals surface area contributed by atoms with Crippen LogP contribution >= 0.6 is 0 Å². The molecule has 4 nitrogen and oxygen atoms in total. The van der Waals surface area contributed by atoms with E-state index < -0.39 is 16.5 Å². The zero-order chi connectivity index (χ0) is 10.0. The second-order valence-corrected chi connectivity index (χ2v) is 4.26. The number of rotatable bonds is 1. The quantitative estimate of drug-likeness (QED) is 0.709. The monoisotopic (exact) mass is 214 g/mol. The number of hydrogen-bond donors (Lipinski definition) is 0. The van der Waals surface area contributed by atoms with Crippen molar-refractivity contribution in [3.05, 3.63) is 35.9 Å². The molecule has 1 aliphatic heterocycles. The normalized spacial score (nSPS) is 25.9. The summed E-state index contributed by atoms with van der Waals surface area (Å²) < 4.78 is 31.3. The topological polar surface area (TPSA) is 52.6 Å². The van der Waals surface area contributed by atoms with Crippen LogP contribution < -0.4 is 0 Å². The average Bonchev–Trinajstić information content (AvgIpc) is 2.18. The maximum Gasteiger partial charge on any atom is 0.400 e. The smallest absolute Gasteiger partial charge is 0.248 e. The molecule has 0 aliphatic carbocycles. The minimum atomic E-state index is -3.78. The molecule has 1 atom stereocenters. The average molecular weight is 214 g/mol. The van der Waals surface area contributed by atoms with Gasteiger partial charge in [0, 0.05) is 6.42 Å². The van der Waals surface area contributed by atoms with Gasteiger partial charge in [-0.15, -0.1) is 0 Å². The number of benzene rings is 1. The van der Waals surface area contributed by atoms with Crippen LogP contribution in [0.4, 0.5) is 0 Å². The van der Waals surface area contributed by atoms with Crippen molar-refractivity contribution < 1.29 is 16.8 Å². The molecule has 76 valence electrons. The predicted molar refractivity (Wildman–Crippen MR) is 49.8 cm³/mol. The highest BCUT2D eigenvalue weighted by Gasteiger charge is 2.27. The summed E-state index contributed by atoms with van der Waals surface area (Å²) in [5.74, 6) is 0. The number of hydrogen-bond acceptors (Lipinski definition) is 4. The lowest BCUT2D eigenvalue weighted by atomic mass is 10.1. The lowest BCUT2D eigenvalue weighted by molar-refractivity contribution is 0.0916. The lowest BCUT2D eigenvalue weighted by Crippen LogP contribution is -2.22. The molecule has 5 heteroatoms. The Kier molecular flexibility index (Phi) is 2.54. The van der Waals surface area contributed by atoms with Gasteiger partial charge in [-0.1, -0.05) is 30.3 Å². The Morgan fingerprint density at radius 1 is 1.21 bits per heavy atom. The molecule has 1 aliphatic rings. The van der Waals surface area contributed by atoms with Gasteiger partial charge in [0.25, 0.3) is 0 Å². The highest BCUT2D eigenvalue weighted by molar-refractivity contribution is 7.81. The van der Waals surface area contributed by atoms with Crippen LogP contribution in [0, 0.1) is 0 Å². The molecule has 1 fully saturated rings. The van der Waals surface area contributed by atoms with Crippen molar-refractivity contribution in [1.82, 2.24) is 0 Å². The van der Waals surface area contributed by atoms with Crippen molar-refractivity contribution in [2.45, 2.75) is 12.5 Å². The summed E-state index contributed by atoms with van der Waals surface area (Å²) >= 11 is 0. The molecule has 0 aromatic heterocycles. The highest BCUT2D eigenvalue weighted by atomic mass is 32.3. The van der Waals surface area contributed by atoms with Crippen molar-refractivity contribution >= 4 is 10.4 Å². The van der Waals surface area contributed by atoms with E-state index in [0.717, 1.165) is 5.56 Å². The summed E-state index contributed by atoms with van der Waals surface area (Å²) in [6, 6.07) is 9.25. The first-order valence-electron chi connectivity index (χ1n) is 4.30. The van der Waals surface area contributed by atoms with E-state index >= 15 is 0 Å². The van der Waals surface area contributed by atoms with Gasteiger partial charge in [0.05, 0.1) is 6.61 Å². The predicted octanol–water partition coefficient (Wildman–Crippen LogP) is 1.41. The van der Waals surface area contributed by atoms with E-state index in [1.54, 1.807) is 0 Å². The Bertz CT molecular complexity index is 398. The van der Waals surface area contributed by atoms with E-state index in [0.29, 0.717) is 6.42 Å². The summed E-state index contributed by atoms with van der Waals surface area (Å²) in [4.78, 5) is 0.